The van der Waals surface area contributed by atoms with E-state index in [1.807, 2.05) is 20.8 Å². The smallest absolute Gasteiger partial charge is 0.315 e. The standard InChI is InChI=1S/C11H23N3O/c1-11(2,3)14-10(15)13-7-8-5-4-6-9(8)12/h8-9H,4-7,12H2,1-3H3,(H2,13,14,15). The van der Waals surface area contributed by atoms with E-state index in [0.717, 1.165) is 12.8 Å². The van der Waals surface area contributed by atoms with Crippen LogP contribution in [0.2, 0.25) is 0 Å². The van der Waals surface area contributed by atoms with Crippen LogP contribution in [0.25, 0.3) is 0 Å². The summed E-state index contributed by atoms with van der Waals surface area (Å²) in [5, 5.41) is 5.75. The summed E-state index contributed by atoms with van der Waals surface area (Å²) in [6.07, 6.45) is 3.42. The lowest BCUT2D eigenvalue weighted by Gasteiger charge is -2.22. The molecule has 4 N–H and O–H groups in total. The number of nitrogens with two attached hydrogens (primary N) is 1. The van der Waals surface area contributed by atoms with Crippen LogP contribution < -0.4 is 16.4 Å². The first kappa shape index (κ1) is 12.3. The van der Waals surface area contributed by atoms with Crippen LogP contribution in [0.1, 0.15) is 40.0 Å². The van der Waals surface area contributed by atoms with Crippen molar-refractivity contribution >= 4 is 6.03 Å². The summed E-state index contributed by atoms with van der Waals surface area (Å²) >= 11 is 0. The van der Waals surface area contributed by atoms with Gasteiger partial charge in [-0.1, -0.05) is 6.42 Å². The zero-order chi connectivity index (χ0) is 11.5. The third-order valence-corrected chi connectivity index (χ3v) is 2.73. The van der Waals surface area contributed by atoms with Gasteiger partial charge in [-0.3, -0.25) is 0 Å². The van der Waals surface area contributed by atoms with Gasteiger partial charge in [0.15, 0.2) is 0 Å². The lowest BCUT2D eigenvalue weighted by atomic mass is 10.1. The highest BCUT2D eigenvalue weighted by atomic mass is 16.2. The van der Waals surface area contributed by atoms with E-state index in [-0.39, 0.29) is 17.6 Å². The SMILES string of the molecule is CC(C)(C)NC(=O)NCC1CCCC1N. The van der Waals surface area contributed by atoms with Crippen molar-refractivity contribution in [1.29, 1.82) is 0 Å². The van der Waals surface area contributed by atoms with Gasteiger partial charge in [0.2, 0.25) is 0 Å². The second-order valence-electron chi connectivity index (χ2n) is 5.44. The second kappa shape index (κ2) is 4.84. The predicted molar refractivity (Wildman–Crippen MR) is 61.6 cm³/mol. The van der Waals surface area contributed by atoms with Crippen molar-refractivity contribution in [3.8, 4) is 0 Å². The fourth-order valence-electron chi connectivity index (χ4n) is 1.93. The Labute approximate surface area is 92.0 Å². The highest BCUT2D eigenvalue weighted by Crippen LogP contribution is 2.22. The van der Waals surface area contributed by atoms with Crippen molar-refractivity contribution in [3.63, 3.8) is 0 Å². The van der Waals surface area contributed by atoms with E-state index in [1.165, 1.54) is 6.42 Å². The van der Waals surface area contributed by atoms with Crippen molar-refractivity contribution in [2.45, 2.75) is 51.6 Å². The van der Waals surface area contributed by atoms with Crippen molar-refractivity contribution in [2.24, 2.45) is 11.7 Å². The molecular formula is C11H23N3O. The minimum Gasteiger partial charge on any atom is -0.338 e. The Kier molecular flexibility index (Phi) is 3.97. The van der Waals surface area contributed by atoms with Crippen LogP contribution in [0.15, 0.2) is 0 Å². The Morgan fingerprint density at radius 3 is 2.53 bits per heavy atom. The highest BCUT2D eigenvalue weighted by molar-refractivity contribution is 5.74. The molecule has 1 rings (SSSR count). The first-order chi connectivity index (χ1) is 6.88. The number of rotatable bonds is 2. The summed E-state index contributed by atoms with van der Waals surface area (Å²) in [6, 6.07) is 0.168. The number of hydrogen-bond donors (Lipinski definition) is 3. The highest BCUT2D eigenvalue weighted by Gasteiger charge is 2.24. The molecule has 4 heteroatoms. The van der Waals surface area contributed by atoms with Crippen LogP contribution in [0.5, 0.6) is 0 Å². The third kappa shape index (κ3) is 4.51. The van der Waals surface area contributed by atoms with E-state index in [9.17, 15) is 4.79 Å². The molecule has 1 aliphatic carbocycles. The van der Waals surface area contributed by atoms with E-state index < -0.39 is 0 Å². The van der Waals surface area contributed by atoms with Crippen molar-refractivity contribution < 1.29 is 4.79 Å². The molecule has 4 nitrogen and oxygen atoms in total. The molecule has 0 bridgehead atoms. The van der Waals surface area contributed by atoms with Gasteiger partial charge in [-0.05, 0) is 39.5 Å². The van der Waals surface area contributed by atoms with E-state index >= 15 is 0 Å². The zero-order valence-electron chi connectivity index (χ0n) is 9.97. The van der Waals surface area contributed by atoms with Crippen LogP contribution in [-0.4, -0.2) is 24.2 Å². The van der Waals surface area contributed by atoms with Crippen LogP contribution >= 0.6 is 0 Å². The monoisotopic (exact) mass is 213 g/mol. The van der Waals surface area contributed by atoms with Crippen molar-refractivity contribution in [3.05, 3.63) is 0 Å². The summed E-state index contributed by atoms with van der Waals surface area (Å²) in [4.78, 5) is 11.5. The number of carbonyl (C=O) groups is 1. The average Bonchev–Trinajstić information content (AvgIpc) is 2.44. The number of nitrogens with one attached hydrogen (secondary N) is 2. The van der Waals surface area contributed by atoms with Gasteiger partial charge >= 0.3 is 6.03 Å². The number of hydrogen-bond acceptors (Lipinski definition) is 2. The molecule has 1 fully saturated rings. The van der Waals surface area contributed by atoms with Crippen LogP contribution in [-0.2, 0) is 0 Å². The Morgan fingerprint density at radius 2 is 2.07 bits per heavy atom. The molecule has 2 amide bonds. The van der Waals surface area contributed by atoms with Crippen LogP contribution in [0.3, 0.4) is 0 Å². The molecule has 0 spiro atoms. The Balaban J connectivity index is 2.22. The lowest BCUT2D eigenvalue weighted by Crippen LogP contribution is -2.48. The molecule has 0 aromatic carbocycles. The number of urea groups is 1. The molecule has 2 unspecified atom stereocenters. The predicted octanol–water partition coefficient (Wildman–Crippen LogP) is 1.21. The summed E-state index contributed by atoms with van der Waals surface area (Å²) < 4.78 is 0. The van der Waals surface area contributed by atoms with Gasteiger partial charge in [0.05, 0.1) is 0 Å². The normalized spacial score (nSPS) is 26.4. The maximum absolute atomic E-state index is 11.5. The van der Waals surface area contributed by atoms with Crippen LogP contribution in [0.4, 0.5) is 4.79 Å². The van der Waals surface area contributed by atoms with Gasteiger partial charge in [0.1, 0.15) is 0 Å². The third-order valence-electron chi connectivity index (χ3n) is 2.73. The van der Waals surface area contributed by atoms with Gasteiger partial charge in [0.25, 0.3) is 0 Å². The zero-order valence-corrected chi connectivity index (χ0v) is 9.97. The van der Waals surface area contributed by atoms with Gasteiger partial charge in [-0.2, -0.15) is 0 Å². The first-order valence-electron chi connectivity index (χ1n) is 5.70. The van der Waals surface area contributed by atoms with Crippen LogP contribution in [0, 0.1) is 5.92 Å². The molecule has 15 heavy (non-hydrogen) atoms. The Morgan fingerprint density at radius 1 is 1.40 bits per heavy atom. The summed E-state index contributed by atoms with van der Waals surface area (Å²) in [5.41, 5.74) is 5.74. The summed E-state index contributed by atoms with van der Waals surface area (Å²) in [6.45, 7) is 6.60. The quantitative estimate of drug-likeness (QED) is 0.645. The molecule has 1 saturated carbocycles. The molecule has 0 heterocycles. The van der Waals surface area contributed by atoms with E-state index in [0.29, 0.717) is 12.5 Å². The molecule has 0 aliphatic heterocycles. The van der Waals surface area contributed by atoms with E-state index in [1.54, 1.807) is 0 Å². The maximum Gasteiger partial charge on any atom is 0.315 e. The molecule has 0 aromatic rings. The molecule has 0 aromatic heterocycles. The van der Waals surface area contributed by atoms with Gasteiger partial charge in [0, 0.05) is 18.1 Å². The Bertz CT molecular complexity index is 222. The average molecular weight is 213 g/mol. The van der Waals surface area contributed by atoms with Crippen molar-refractivity contribution in [2.75, 3.05) is 6.54 Å². The van der Waals surface area contributed by atoms with E-state index in [2.05, 4.69) is 10.6 Å². The van der Waals surface area contributed by atoms with Crippen molar-refractivity contribution in [1.82, 2.24) is 10.6 Å². The molecule has 2 atom stereocenters. The summed E-state index contributed by atoms with van der Waals surface area (Å²) in [5.74, 6) is 0.454. The van der Waals surface area contributed by atoms with E-state index in [4.69, 9.17) is 5.73 Å². The van der Waals surface area contributed by atoms with Gasteiger partial charge in [-0.15, -0.1) is 0 Å². The summed E-state index contributed by atoms with van der Waals surface area (Å²) in [7, 11) is 0. The number of amides is 2. The largest absolute Gasteiger partial charge is 0.338 e. The second-order valence-corrected chi connectivity index (χ2v) is 5.44. The fourth-order valence-corrected chi connectivity index (χ4v) is 1.93. The van der Waals surface area contributed by atoms with Gasteiger partial charge < -0.3 is 16.4 Å². The molecule has 88 valence electrons. The topological polar surface area (TPSA) is 67.2 Å². The molecule has 1 aliphatic rings. The maximum atomic E-state index is 11.5. The first-order valence-corrected chi connectivity index (χ1v) is 5.70. The molecular weight excluding hydrogens is 190 g/mol. The number of carbonyl (C=O) groups excluding carboxylic acids is 1. The molecule has 0 radical (unpaired) electrons. The van der Waals surface area contributed by atoms with Gasteiger partial charge in [-0.25, -0.2) is 4.79 Å². The minimum absolute atomic E-state index is 0.0957. The fraction of sp³-hybridized carbons (Fsp3) is 0.909. The lowest BCUT2D eigenvalue weighted by molar-refractivity contribution is 0.229. The molecule has 0 saturated heterocycles. The minimum atomic E-state index is -0.179. The Hall–Kier alpha value is -0.770.